The maximum absolute atomic E-state index is 12.4. The number of ether oxygens (including phenoxy) is 1. The Balaban J connectivity index is 1.87. The average Bonchev–Trinajstić information content (AvgIpc) is 3.22. The number of nitrogens with zero attached hydrogens (tertiary/aromatic N) is 1. The van der Waals surface area contributed by atoms with E-state index in [1.54, 1.807) is 7.11 Å². The smallest absolute Gasteiger partial charge is 0.178 e. The third kappa shape index (κ3) is 2.76. The summed E-state index contributed by atoms with van der Waals surface area (Å²) in [6.45, 7) is 4.12. The van der Waals surface area contributed by atoms with E-state index >= 15 is 0 Å². The van der Waals surface area contributed by atoms with Crippen molar-refractivity contribution in [3.8, 4) is 5.75 Å². The first kappa shape index (κ1) is 14.7. The molecule has 0 aromatic carbocycles. The summed E-state index contributed by atoms with van der Waals surface area (Å²) >= 11 is 1.52. The lowest BCUT2D eigenvalue weighted by Gasteiger charge is -2.32. The second-order valence-corrected chi connectivity index (χ2v) is 7.16. The third-order valence-corrected chi connectivity index (χ3v) is 5.89. The summed E-state index contributed by atoms with van der Waals surface area (Å²) in [5, 5.41) is 1.04. The van der Waals surface area contributed by atoms with Crippen LogP contribution in [0.3, 0.4) is 0 Å². The fourth-order valence-electron chi connectivity index (χ4n) is 2.88. The molecule has 0 bridgehead atoms. The van der Waals surface area contributed by atoms with Gasteiger partial charge < -0.3 is 15.4 Å². The Labute approximate surface area is 130 Å². The average molecular weight is 308 g/mol. The van der Waals surface area contributed by atoms with Crippen molar-refractivity contribution in [1.29, 1.82) is 0 Å². The van der Waals surface area contributed by atoms with Crippen molar-refractivity contribution in [1.82, 2.24) is 0 Å². The maximum Gasteiger partial charge on any atom is 0.178 e. The molecule has 1 aromatic heterocycles. The fourth-order valence-corrected chi connectivity index (χ4v) is 4.16. The number of hydrogen-bond acceptors (Lipinski definition) is 5. The first-order valence-corrected chi connectivity index (χ1v) is 8.72. The van der Waals surface area contributed by atoms with Gasteiger partial charge in [-0.15, -0.1) is 11.3 Å². The summed E-state index contributed by atoms with van der Waals surface area (Å²) < 4.78 is 5.51. The van der Waals surface area contributed by atoms with E-state index in [0.717, 1.165) is 36.9 Å². The molecule has 1 aromatic rings. The van der Waals surface area contributed by atoms with Gasteiger partial charge in [-0.2, -0.15) is 0 Å². The lowest BCUT2D eigenvalue weighted by Crippen LogP contribution is -2.32. The van der Waals surface area contributed by atoms with Crippen LogP contribution in [0.25, 0.3) is 0 Å². The number of ketones is 1. The zero-order valence-corrected chi connectivity index (χ0v) is 13.7. The monoisotopic (exact) mass is 308 g/mol. The molecular weight excluding hydrogens is 284 g/mol. The van der Waals surface area contributed by atoms with Crippen molar-refractivity contribution in [3.05, 3.63) is 4.88 Å². The van der Waals surface area contributed by atoms with Gasteiger partial charge in [0.15, 0.2) is 11.5 Å². The minimum absolute atomic E-state index is 0.199. The molecule has 21 heavy (non-hydrogen) atoms. The highest BCUT2D eigenvalue weighted by molar-refractivity contribution is 7.19. The van der Waals surface area contributed by atoms with E-state index < -0.39 is 0 Å². The highest BCUT2D eigenvalue weighted by atomic mass is 32.1. The molecule has 4 nitrogen and oxygen atoms in total. The predicted molar refractivity (Wildman–Crippen MR) is 87.6 cm³/mol. The predicted octanol–water partition coefficient (Wildman–Crippen LogP) is 3.56. The van der Waals surface area contributed by atoms with Crippen LogP contribution in [0.1, 0.15) is 48.7 Å². The SMILES string of the molecule is CCN(CC1CCC1)c1sc(C(=O)C2CC2)c(N)c1OC. The number of rotatable bonds is 7. The first-order valence-electron chi connectivity index (χ1n) is 7.91. The maximum atomic E-state index is 12.4. The number of thiophene rings is 1. The van der Waals surface area contributed by atoms with E-state index in [4.69, 9.17) is 10.5 Å². The lowest BCUT2D eigenvalue weighted by atomic mass is 9.85. The van der Waals surface area contributed by atoms with E-state index in [-0.39, 0.29) is 11.7 Å². The highest BCUT2D eigenvalue weighted by Crippen LogP contribution is 2.48. The number of nitrogens with two attached hydrogens (primary N) is 1. The summed E-state index contributed by atoms with van der Waals surface area (Å²) in [5.74, 6) is 1.89. The normalized spacial score (nSPS) is 18.4. The molecule has 0 spiro atoms. The number of nitrogen functional groups attached to an aromatic ring is 1. The standard InChI is InChI=1S/C16H24N2O2S/c1-3-18(9-10-5-4-6-10)16-14(20-2)12(17)15(21-16)13(19)11-7-8-11/h10-11H,3-9,17H2,1-2H3. The molecule has 0 atom stereocenters. The van der Waals surface area contributed by atoms with Gasteiger partial charge in [-0.3, -0.25) is 4.79 Å². The number of carbonyl (C=O) groups is 1. The molecule has 0 amide bonds. The molecule has 2 fully saturated rings. The number of carbonyl (C=O) groups excluding carboxylic acids is 1. The first-order chi connectivity index (χ1) is 10.2. The Kier molecular flexibility index (Phi) is 4.11. The van der Waals surface area contributed by atoms with Gasteiger partial charge in [0.25, 0.3) is 0 Å². The molecule has 3 rings (SSSR count). The van der Waals surface area contributed by atoms with Crippen LogP contribution in [0, 0.1) is 11.8 Å². The second-order valence-electron chi connectivity index (χ2n) is 6.16. The van der Waals surface area contributed by atoms with Crippen molar-refractivity contribution in [2.24, 2.45) is 11.8 Å². The number of Topliss-reactive ketones (excluding diaryl/α,β-unsaturated/α-hetero) is 1. The topological polar surface area (TPSA) is 55.6 Å². The third-order valence-electron chi connectivity index (χ3n) is 4.63. The molecule has 1 heterocycles. The van der Waals surface area contributed by atoms with Crippen LogP contribution in [-0.4, -0.2) is 26.0 Å². The summed E-state index contributed by atoms with van der Waals surface area (Å²) in [6.07, 6.45) is 5.99. The molecule has 0 unspecified atom stereocenters. The van der Waals surface area contributed by atoms with Gasteiger partial charge in [0.2, 0.25) is 0 Å². The van der Waals surface area contributed by atoms with Gasteiger partial charge >= 0.3 is 0 Å². The highest BCUT2D eigenvalue weighted by Gasteiger charge is 2.35. The Morgan fingerprint density at radius 2 is 2.10 bits per heavy atom. The van der Waals surface area contributed by atoms with E-state index in [1.165, 1.54) is 30.6 Å². The minimum Gasteiger partial charge on any atom is -0.492 e. The van der Waals surface area contributed by atoms with Gasteiger partial charge in [-0.1, -0.05) is 6.42 Å². The molecule has 116 valence electrons. The lowest BCUT2D eigenvalue weighted by molar-refractivity contribution is 0.0972. The summed E-state index contributed by atoms with van der Waals surface area (Å²) in [5.41, 5.74) is 6.73. The van der Waals surface area contributed by atoms with E-state index in [2.05, 4.69) is 11.8 Å². The van der Waals surface area contributed by atoms with Gasteiger partial charge in [-0.25, -0.2) is 0 Å². The molecule has 2 aliphatic carbocycles. The van der Waals surface area contributed by atoms with Gasteiger partial charge in [0.1, 0.15) is 5.00 Å². The van der Waals surface area contributed by atoms with Crippen LogP contribution in [-0.2, 0) is 0 Å². The van der Waals surface area contributed by atoms with Crippen LogP contribution in [0.15, 0.2) is 0 Å². The van der Waals surface area contributed by atoms with Gasteiger partial charge in [-0.05, 0) is 38.5 Å². The molecule has 0 radical (unpaired) electrons. The Hall–Kier alpha value is -1.23. The molecule has 2 aliphatic rings. The van der Waals surface area contributed by atoms with Crippen molar-refractivity contribution in [2.75, 3.05) is 30.8 Å². The molecule has 0 aliphatic heterocycles. The van der Waals surface area contributed by atoms with Crippen LogP contribution >= 0.6 is 11.3 Å². The Morgan fingerprint density at radius 1 is 1.38 bits per heavy atom. The van der Waals surface area contributed by atoms with Crippen molar-refractivity contribution < 1.29 is 9.53 Å². The van der Waals surface area contributed by atoms with Crippen LogP contribution in [0.2, 0.25) is 0 Å². The van der Waals surface area contributed by atoms with Crippen LogP contribution in [0.4, 0.5) is 10.7 Å². The summed E-state index contributed by atoms with van der Waals surface area (Å²) in [6, 6.07) is 0. The van der Waals surface area contributed by atoms with Crippen molar-refractivity contribution in [3.63, 3.8) is 0 Å². The fraction of sp³-hybridized carbons (Fsp3) is 0.688. The second kappa shape index (κ2) is 5.87. The molecular formula is C16H24N2O2S. The van der Waals surface area contributed by atoms with E-state index in [0.29, 0.717) is 16.3 Å². The molecule has 2 N–H and O–H groups in total. The van der Waals surface area contributed by atoms with Crippen molar-refractivity contribution >= 4 is 27.8 Å². The zero-order chi connectivity index (χ0) is 15.0. The molecule has 0 saturated heterocycles. The molecule has 5 heteroatoms. The number of methoxy groups -OCH3 is 1. The summed E-state index contributed by atoms with van der Waals surface area (Å²) in [7, 11) is 1.64. The number of anilines is 2. The van der Waals surface area contributed by atoms with E-state index in [1.807, 2.05) is 0 Å². The minimum atomic E-state index is 0.199. The quantitative estimate of drug-likeness (QED) is 0.783. The Bertz CT molecular complexity index is 533. The van der Waals surface area contributed by atoms with Crippen LogP contribution in [0.5, 0.6) is 5.75 Å². The Morgan fingerprint density at radius 3 is 2.57 bits per heavy atom. The van der Waals surface area contributed by atoms with Crippen molar-refractivity contribution in [2.45, 2.75) is 39.0 Å². The molecule has 2 saturated carbocycles. The van der Waals surface area contributed by atoms with Crippen LogP contribution < -0.4 is 15.4 Å². The summed E-state index contributed by atoms with van der Waals surface area (Å²) in [4.78, 5) is 15.4. The van der Waals surface area contributed by atoms with Gasteiger partial charge in [0, 0.05) is 19.0 Å². The van der Waals surface area contributed by atoms with E-state index in [9.17, 15) is 4.79 Å². The van der Waals surface area contributed by atoms with Gasteiger partial charge in [0.05, 0.1) is 17.7 Å². The number of hydrogen-bond donors (Lipinski definition) is 1. The zero-order valence-electron chi connectivity index (χ0n) is 12.9. The largest absolute Gasteiger partial charge is 0.492 e.